The maximum atomic E-state index is 13.1. The molecule has 0 radical (unpaired) electrons. The van der Waals surface area contributed by atoms with Crippen LogP contribution >= 0.6 is 11.6 Å². The van der Waals surface area contributed by atoms with E-state index in [2.05, 4.69) is 9.97 Å². The first-order valence-corrected chi connectivity index (χ1v) is 15.0. The van der Waals surface area contributed by atoms with Gasteiger partial charge in [0, 0.05) is 24.3 Å². The van der Waals surface area contributed by atoms with E-state index in [1.165, 1.54) is 17.8 Å². The number of imidazole rings is 1. The number of rotatable bonds is 9. The van der Waals surface area contributed by atoms with E-state index in [1.807, 2.05) is 33.8 Å². The van der Waals surface area contributed by atoms with Gasteiger partial charge in [0.25, 0.3) is 0 Å². The highest BCUT2D eigenvalue weighted by Gasteiger charge is 2.47. The van der Waals surface area contributed by atoms with Crippen LogP contribution in [0.25, 0.3) is 11.2 Å². The highest BCUT2D eigenvalue weighted by atomic mass is 35.5. The number of aryl methyl sites for hydroxylation is 3. The second kappa shape index (κ2) is 12.2. The summed E-state index contributed by atoms with van der Waals surface area (Å²) in [5.74, 6) is -0.989. The zero-order valence-electron chi connectivity index (χ0n) is 26.6. The molecule has 15 heteroatoms. The quantitative estimate of drug-likeness (QED) is 0.152. The van der Waals surface area contributed by atoms with Gasteiger partial charge in [-0.25, -0.2) is 9.78 Å². The summed E-state index contributed by atoms with van der Waals surface area (Å²) in [6, 6.07) is 3.73. The van der Waals surface area contributed by atoms with E-state index in [9.17, 15) is 19.5 Å². The molecule has 14 nitrogen and oxygen atoms in total. The van der Waals surface area contributed by atoms with Crippen molar-refractivity contribution in [3.63, 3.8) is 0 Å². The zero-order valence-corrected chi connectivity index (χ0v) is 27.4. The van der Waals surface area contributed by atoms with Crippen LogP contribution in [0.4, 0.5) is 0 Å². The summed E-state index contributed by atoms with van der Waals surface area (Å²) in [4.78, 5) is 45.1. The smallest absolute Gasteiger partial charge is 0.462 e. The van der Waals surface area contributed by atoms with Gasteiger partial charge in [-0.15, -0.1) is 0 Å². The fourth-order valence-electron chi connectivity index (χ4n) is 5.95. The lowest BCUT2D eigenvalue weighted by Crippen LogP contribution is -2.42. The fourth-order valence-corrected chi connectivity index (χ4v) is 6.18. The Morgan fingerprint density at radius 1 is 1.24 bits per heavy atom. The van der Waals surface area contributed by atoms with Gasteiger partial charge in [-0.2, -0.15) is 4.98 Å². The van der Waals surface area contributed by atoms with Crippen LogP contribution in [-0.4, -0.2) is 54.5 Å². The molecule has 0 bridgehead atoms. The SMILES string of the molecule is CC(=O)Oc1cc(C)cc(C)c1C(C)(C)CC(=O)OC[C@@]1(C)O[C@@H](n2cnc3c(=N)n(Cc4oc(=O)oc4C)c(Cl)nc32)C[C@@H]1O. The molecule has 4 aromatic rings. The van der Waals surface area contributed by atoms with Crippen LogP contribution in [-0.2, 0) is 31.0 Å². The molecule has 1 aromatic carbocycles. The van der Waals surface area contributed by atoms with Gasteiger partial charge in [0.2, 0.25) is 5.28 Å². The number of halogens is 1. The normalized spacial score (nSPS) is 19.9. The highest BCUT2D eigenvalue weighted by Crippen LogP contribution is 2.40. The summed E-state index contributed by atoms with van der Waals surface area (Å²) in [5, 5.41) is 19.6. The van der Waals surface area contributed by atoms with E-state index in [1.54, 1.807) is 24.5 Å². The van der Waals surface area contributed by atoms with Crippen LogP contribution < -0.4 is 16.0 Å². The van der Waals surface area contributed by atoms with Crippen molar-refractivity contribution in [2.75, 3.05) is 6.61 Å². The van der Waals surface area contributed by atoms with Gasteiger partial charge < -0.3 is 28.2 Å². The molecular formula is C31H36ClN5O9. The summed E-state index contributed by atoms with van der Waals surface area (Å²) in [5.41, 5.74) is 0.882. The van der Waals surface area contributed by atoms with Crippen LogP contribution in [0.2, 0.25) is 5.28 Å². The van der Waals surface area contributed by atoms with Gasteiger partial charge in [-0.05, 0) is 56.5 Å². The maximum absolute atomic E-state index is 13.1. The Morgan fingerprint density at radius 2 is 1.96 bits per heavy atom. The highest BCUT2D eigenvalue weighted by molar-refractivity contribution is 6.28. The van der Waals surface area contributed by atoms with Gasteiger partial charge in [-0.1, -0.05) is 19.9 Å². The second-order valence-electron chi connectivity index (χ2n) is 12.5. The van der Waals surface area contributed by atoms with Crippen LogP contribution in [0, 0.1) is 26.2 Å². The molecule has 0 unspecified atom stereocenters. The van der Waals surface area contributed by atoms with E-state index in [-0.39, 0.29) is 59.4 Å². The molecule has 4 heterocycles. The number of aliphatic hydroxyl groups excluding tert-OH is 1. The predicted octanol–water partition coefficient (Wildman–Crippen LogP) is 3.76. The summed E-state index contributed by atoms with van der Waals surface area (Å²) >= 11 is 6.44. The number of esters is 2. The molecule has 2 N–H and O–H groups in total. The van der Waals surface area contributed by atoms with Crippen LogP contribution in [0.15, 0.2) is 32.1 Å². The number of nitrogens with one attached hydrogen (secondary N) is 1. The summed E-state index contributed by atoms with van der Waals surface area (Å²) in [6.07, 6.45) is -0.238. The number of ether oxygens (including phenoxy) is 3. The van der Waals surface area contributed by atoms with E-state index >= 15 is 0 Å². The van der Waals surface area contributed by atoms with Crippen LogP contribution in [0.5, 0.6) is 5.75 Å². The minimum Gasteiger partial charge on any atom is -0.462 e. The Balaban J connectivity index is 1.30. The first-order valence-electron chi connectivity index (χ1n) is 14.6. The number of fused-ring (bicyclic) bond motifs is 1. The van der Waals surface area contributed by atoms with Crippen molar-refractivity contribution in [1.29, 1.82) is 5.41 Å². The van der Waals surface area contributed by atoms with Gasteiger partial charge in [-0.3, -0.25) is 24.1 Å². The summed E-state index contributed by atoms with van der Waals surface area (Å²) in [7, 11) is 0. The third-order valence-electron chi connectivity index (χ3n) is 8.15. The van der Waals surface area contributed by atoms with Crippen molar-refractivity contribution in [2.24, 2.45) is 0 Å². The lowest BCUT2D eigenvalue weighted by atomic mass is 9.78. The number of nitrogens with zero attached hydrogens (tertiary/aromatic N) is 4. The topological polar surface area (TPSA) is 185 Å². The molecule has 1 aliphatic rings. The largest absolute Gasteiger partial charge is 0.519 e. The van der Waals surface area contributed by atoms with Gasteiger partial charge in [0.05, 0.1) is 25.4 Å². The molecule has 0 aliphatic carbocycles. The molecule has 46 heavy (non-hydrogen) atoms. The van der Waals surface area contributed by atoms with E-state index in [4.69, 9.17) is 40.1 Å². The molecule has 5 rings (SSSR count). The van der Waals surface area contributed by atoms with Gasteiger partial charge >= 0.3 is 17.8 Å². The number of carbonyl (C=O) groups excluding carboxylic acids is 2. The average molecular weight is 658 g/mol. The first kappa shape index (κ1) is 33.1. The van der Waals surface area contributed by atoms with Crippen molar-refractivity contribution >= 4 is 34.7 Å². The van der Waals surface area contributed by atoms with Crippen molar-refractivity contribution in [1.82, 2.24) is 19.1 Å². The van der Waals surface area contributed by atoms with Crippen LogP contribution in [0.1, 0.15) is 75.0 Å². The Bertz CT molecular complexity index is 1960. The molecule has 3 aromatic heterocycles. The number of hydrogen-bond donors (Lipinski definition) is 2. The number of benzene rings is 1. The third-order valence-corrected chi connectivity index (χ3v) is 8.43. The van der Waals surface area contributed by atoms with Gasteiger partial charge in [0.15, 0.2) is 22.4 Å². The van der Waals surface area contributed by atoms with Crippen molar-refractivity contribution < 1.29 is 37.7 Å². The predicted molar refractivity (Wildman–Crippen MR) is 162 cm³/mol. The molecule has 0 saturated carbocycles. The Morgan fingerprint density at radius 3 is 2.61 bits per heavy atom. The lowest BCUT2D eigenvalue weighted by molar-refractivity contribution is -0.163. The Kier molecular flexibility index (Phi) is 8.75. The van der Waals surface area contributed by atoms with Crippen molar-refractivity contribution in [2.45, 2.75) is 91.2 Å². The number of aromatic nitrogens is 4. The molecule has 3 atom stereocenters. The summed E-state index contributed by atoms with van der Waals surface area (Å²) in [6.45, 7) is 11.8. The number of hydrogen-bond acceptors (Lipinski definition) is 12. The zero-order chi connectivity index (χ0) is 33.7. The monoisotopic (exact) mass is 657 g/mol. The molecule has 0 spiro atoms. The summed E-state index contributed by atoms with van der Waals surface area (Å²) < 4.78 is 30.2. The standard InChI is InChI=1S/C31H36ClN5O9/c1-15-8-16(2)24(19(9-15)44-18(4)38)30(5,6)11-23(40)42-13-31(7)21(39)10-22(46-31)37-14-34-25-26(33)36(28(32)35-27(25)37)12-20-17(3)43-29(41)45-20/h8-9,14,21-22,33,39H,10-13H2,1-7H3/t21-,22+,31+/m0/s1. The third kappa shape index (κ3) is 6.37. The van der Waals surface area contributed by atoms with E-state index in [0.29, 0.717) is 5.75 Å². The molecule has 246 valence electrons. The average Bonchev–Trinajstić information content (AvgIpc) is 3.58. The van der Waals surface area contributed by atoms with Crippen molar-refractivity contribution in [3.05, 3.63) is 68.1 Å². The van der Waals surface area contributed by atoms with Crippen LogP contribution in [0.3, 0.4) is 0 Å². The molecule has 0 amide bonds. The van der Waals surface area contributed by atoms with Crippen molar-refractivity contribution in [3.8, 4) is 5.75 Å². The number of aliphatic hydroxyl groups is 1. The number of carbonyl (C=O) groups is 2. The molecule has 1 saturated heterocycles. The first-order chi connectivity index (χ1) is 21.5. The molecule has 1 fully saturated rings. The molecule has 1 aliphatic heterocycles. The van der Waals surface area contributed by atoms with Gasteiger partial charge in [0.1, 0.15) is 29.9 Å². The van der Waals surface area contributed by atoms with E-state index < -0.39 is 41.1 Å². The minimum atomic E-state index is -1.26. The second-order valence-corrected chi connectivity index (χ2v) is 12.8. The minimum absolute atomic E-state index is 0.0244. The maximum Gasteiger partial charge on any atom is 0.519 e. The Labute approximate surface area is 268 Å². The van der Waals surface area contributed by atoms with E-state index in [0.717, 1.165) is 16.7 Å². The lowest BCUT2D eigenvalue weighted by Gasteiger charge is -2.30. The Hall–Kier alpha value is -4.27. The fraction of sp³-hybridized carbons (Fsp3) is 0.484. The molecular weight excluding hydrogens is 622 g/mol.